The Bertz CT molecular complexity index is 1330. The zero-order valence-electron chi connectivity index (χ0n) is 25.2. The Balaban J connectivity index is 1.36. The first-order valence-corrected chi connectivity index (χ1v) is 15.5. The number of H-pyrrole nitrogens is 1. The number of ether oxygens (including phenoxy) is 3. The van der Waals surface area contributed by atoms with Crippen LogP contribution in [0.15, 0.2) is 28.5 Å². The summed E-state index contributed by atoms with van der Waals surface area (Å²) in [5.41, 5.74) is 8.19. The van der Waals surface area contributed by atoms with Crippen LogP contribution in [0.3, 0.4) is 0 Å². The molecule has 2 saturated heterocycles. The molecule has 7 atom stereocenters. The van der Waals surface area contributed by atoms with Gasteiger partial charge in [0.1, 0.15) is 18.2 Å². The van der Waals surface area contributed by atoms with Crippen molar-refractivity contribution >= 4 is 37.7 Å². The Morgan fingerprint density at radius 2 is 2.16 bits per heavy atom. The maximum absolute atomic E-state index is 12.4. The van der Waals surface area contributed by atoms with Crippen molar-refractivity contribution in [3.8, 4) is 0 Å². The van der Waals surface area contributed by atoms with Crippen molar-refractivity contribution in [2.24, 2.45) is 10.9 Å². The number of allylic oxidation sites excluding steroid dienone is 1. The van der Waals surface area contributed by atoms with Crippen molar-refractivity contribution < 1.29 is 28.2 Å². The Labute approximate surface area is 252 Å². The van der Waals surface area contributed by atoms with Gasteiger partial charge >= 0.3 is 8.60 Å². The molecule has 3 unspecified atom stereocenters. The number of nitrogens with two attached hydrogens (primary N) is 1. The van der Waals surface area contributed by atoms with Gasteiger partial charge in [-0.3, -0.25) is 9.79 Å². The highest BCUT2D eigenvalue weighted by atomic mass is 31.2. The van der Waals surface area contributed by atoms with Gasteiger partial charge in [0.05, 0.1) is 55.2 Å². The molecule has 2 aromatic rings. The fraction of sp³-hybridized carbons (Fsp3) is 0.607. The Morgan fingerprint density at radius 1 is 1.35 bits per heavy atom. The molecule has 0 saturated carbocycles. The van der Waals surface area contributed by atoms with E-state index in [4.69, 9.17) is 29.0 Å². The molecule has 2 aromatic heterocycles. The van der Waals surface area contributed by atoms with E-state index in [2.05, 4.69) is 30.2 Å². The van der Waals surface area contributed by atoms with Crippen LogP contribution in [0.4, 0.5) is 17.3 Å². The van der Waals surface area contributed by atoms with Gasteiger partial charge in [-0.05, 0) is 45.6 Å². The predicted molar refractivity (Wildman–Crippen MR) is 164 cm³/mol. The molecule has 4 rings (SSSR count). The first kappa shape index (κ1) is 33.1. The topological polar surface area (TPSA) is 188 Å². The Morgan fingerprint density at radius 3 is 2.91 bits per heavy atom. The second-order valence-electron chi connectivity index (χ2n) is 10.7. The molecule has 4 heterocycles. The number of aliphatic imine (C=N–C) groups is 1. The maximum Gasteiger partial charge on any atom is 0.330 e. The maximum atomic E-state index is 12.4. The molecule has 14 nitrogen and oxygen atoms in total. The smallest absolute Gasteiger partial charge is 0.330 e. The van der Waals surface area contributed by atoms with E-state index in [0.717, 1.165) is 12.0 Å². The molecule has 0 aliphatic carbocycles. The Hall–Kier alpha value is -2.84. The summed E-state index contributed by atoms with van der Waals surface area (Å²) in [4.78, 5) is 42.7. The number of methoxy groups -OCH3 is 1. The fourth-order valence-corrected chi connectivity index (χ4v) is 6.34. The van der Waals surface area contributed by atoms with Crippen molar-refractivity contribution in [1.82, 2.24) is 19.9 Å². The van der Waals surface area contributed by atoms with Crippen molar-refractivity contribution in [2.45, 2.75) is 84.0 Å². The lowest BCUT2D eigenvalue weighted by Gasteiger charge is -2.26. The van der Waals surface area contributed by atoms with E-state index in [1.165, 1.54) is 12.7 Å². The number of nitrogen functional groups attached to an aromatic ring is 1. The number of aryl methyl sites for hydroxylation is 1. The van der Waals surface area contributed by atoms with E-state index >= 15 is 0 Å². The lowest BCUT2D eigenvalue weighted by molar-refractivity contribution is -0.0342. The summed E-state index contributed by atoms with van der Waals surface area (Å²) in [6, 6.07) is 0. The summed E-state index contributed by atoms with van der Waals surface area (Å²) in [7, 11) is -0.604. The predicted octanol–water partition coefficient (Wildman–Crippen LogP) is 3.64. The molecule has 2 aliphatic rings. The van der Waals surface area contributed by atoms with Crippen LogP contribution < -0.4 is 16.6 Å². The van der Waals surface area contributed by atoms with Gasteiger partial charge in [0.15, 0.2) is 11.6 Å². The van der Waals surface area contributed by atoms with Crippen LogP contribution in [0.25, 0.3) is 5.57 Å². The summed E-state index contributed by atoms with van der Waals surface area (Å²) in [5.74, 6) is 0.624. The summed E-state index contributed by atoms with van der Waals surface area (Å²) in [6.07, 6.45) is 7.35. The minimum absolute atomic E-state index is 0.139. The van der Waals surface area contributed by atoms with E-state index < -0.39 is 14.7 Å². The molecule has 0 bridgehead atoms. The van der Waals surface area contributed by atoms with Crippen LogP contribution >= 0.6 is 8.60 Å². The SMILES string of the molecule is CC=Nc1c(N)ncnc1N[C@H]1CCCC(OP(O)O[C@@H]2C[C@@H](COC)O[C@H]2C(C)/C=C(/C)c2c(C)nc[nH]c2=O)CO1. The highest BCUT2D eigenvalue weighted by molar-refractivity contribution is 7.40. The average molecular weight is 620 g/mol. The van der Waals surface area contributed by atoms with E-state index in [0.29, 0.717) is 48.6 Å². The molecule has 236 valence electrons. The van der Waals surface area contributed by atoms with Gasteiger partial charge in [0.2, 0.25) is 0 Å². The normalized spacial score (nSPS) is 26.4. The quantitative estimate of drug-likeness (QED) is 0.200. The van der Waals surface area contributed by atoms with Gasteiger partial charge < -0.3 is 44.2 Å². The zero-order chi connectivity index (χ0) is 30.9. The summed E-state index contributed by atoms with van der Waals surface area (Å²) in [5, 5.41) is 3.25. The van der Waals surface area contributed by atoms with E-state index in [-0.39, 0.29) is 48.4 Å². The number of aromatic nitrogens is 4. The summed E-state index contributed by atoms with van der Waals surface area (Å²) >= 11 is 0. The highest BCUT2D eigenvalue weighted by Crippen LogP contribution is 2.43. The summed E-state index contributed by atoms with van der Waals surface area (Å²) in [6.45, 7) is 8.11. The van der Waals surface area contributed by atoms with Crippen LogP contribution in [-0.4, -0.2) is 82.0 Å². The van der Waals surface area contributed by atoms with Gasteiger partial charge in [-0.2, -0.15) is 0 Å². The number of aromatic amines is 1. The van der Waals surface area contributed by atoms with Gasteiger partial charge in [-0.1, -0.05) is 13.0 Å². The van der Waals surface area contributed by atoms with E-state index in [1.54, 1.807) is 27.2 Å². The molecule has 43 heavy (non-hydrogen) atoms. The van der Waals surface area contributed by atoms with Crippen LogP contribution in [0, 0.1) is 12.8 Å². The molecule has 0 aromatic carbocycles. The molecule has 0 radical (unpaired) electrons. The number of anilines is 2. The number of nitrogens with zero attached hydrogens (tertiary/aromatic N) is 4. The van der Waals surface area contributed by atoms with Crippen LogP contribution in [0.5, 0.6) is 0 Å². The standard InChI is InChI=1S/C28H42N7O7P/c1-6-30-24-26(29)32-15-33-27(24)35-22-9-7-8-19(13-39-22)41-43(37)42-21-11-20(12-38-5)40-25(21)17(3)10-16(2)23-18(4)31-14-34-28(23)36/h6,10,14-15,17,19-22,25,37H,7-9,11-13H2,1-5H3,(H,31,34,36)(H3,29,32,33,35)/b16-10-,30-6?/t17?,19?,20-,21+,22+,25-,43?/m0/s1. The average Bonchev–Trinajstić information content (AvgIpc) is 3.21. The molecule has 5 N–H and O–H groups in total. The Kier molecular flexibility index (Phi) is 12.1. The summed E-state index contributed by atoms with van der Waals surface area (Å²) < 4.78 is 29.7. The van der Waals surface area contributed by atoms with Crippen LogP contribution in [-0.2, 0) is 23.3 Å². The largest absolute Gasteiger partial charge is 0.382 e. The third-order valence-corrected chi connectivity index (χ3v) is 8.31. The number of hydrogen-bond donors (Lipinski definition) is 4. The number of hydrogen-bond acceptors (Lipinski definition) is 13. The molecule has 2 aliphatic heterocycles. The zero-order valence-corrected chi connectivity index (χ0v) is 26.1. The molecule has 2 fully saturated rings. The minimum atomic E-state index is -2.22. The second kappa shape index (κ2) is 15.8. The molecule has 15 heteroatoms. The minimum Gasteiger partial charge on any atom is -0.382 e. The highest BCUT2D eigenvalue weighted by Gasteiger charge is 2.41. The van der Waals surface area contributed by atoms with E-state index in [1.807, 2.05) is 19.9 Å². The lowest BCUT2D eigenvalue weighted by Crippen LogP contribution is -2.30. The van der Waals surface area contributed by atoms with Crippen LogP contribution in [0.1, 0.15) is 57.7 Å². The first-order valence-electron chi connectivity index (χ1n) is 14.4. The first-order chi connectivity index (χ1) is 20.7. The second-order valence-corrected chi connectivity index (χ2v) is 11.6. The van der Waals surface area contributed by atoms with Crippen LogP contribution in [0.2, 0.25) is 0 Å². The van der Waals surface area contributed by atoms with Gasteiger partial charge in [0.25, 0.3) is 5.56 Å². The lowest BCUT2D eigenvalue weighted by atomic mass is 9.95. The molecular formula is C28H42N7O7P. The molecule has 0 spiro atoms. The molecular weight excluding hydrogens is 577 g/mol. The van der Waals surface area contributed by atoms with Gasteiger partial charge in [-0.25, -0.2) is 15.0 Å². The number of nitrogens with one attached hydrogen (secondary N) is 2. The third kappa shape index (κ3) is 8.85. The number of rotatable bonds is 12. The molecule has 0 amide bonds. The van der Waals surface area contributed by atoms with E-state index in [9.17, 15) is 9.69 Å². The third-order valence-electron chi connectivity index (χ3n) is 7.38. The van der Waals surface area contributed by atoms with Gasteiger partial charge in [0, 0.05) is 25.7 Å². The fourth-order valence-electron chi connectivity index (χ4n) is 5.44. The monoisotopic (exact) mass is 619 g/mol. The van der Waals surface area contributed by atoms with Gasteiger partial charge in [-0.15, -0.1) is 0 Å². The van der Waals surface area contributed by atoms with Crippen molar-refractivity contribution in [2.75, 3.05) is 31.4 Å². The van der Waals surface area contributed by atoms with Crippen molar-refractivity contribution in [3.63, 3.8) is 0 Å². The van der Waals surface area contributed by atoms with Crippen molar-refractivity contribution in [1.29, 1.82) is 0 Å². The van der Waals surface area contributed by atoms with Crippen molar-refractivity contribution in [3.05, 3.63) is 40.3 Å².